The van der Waals surface area contributed by atoms with Gasteiger partial charge in [-0.3, -0.25) is 9.48 Å². The number of hydrogen-bond donors (Lipinski definition) is 1. The average molecular weight is 321 g/mol. The van der Waals surface area contributed by atoms with E-state index in [1.165, 1.54) is 0 Å². The zero-order valence-electron chi connectivity index (χ0n) is 13.9. The molecule has 6 nitrogen and oxygen atoms in total. The molecule has 2 heterocycles. The number of aliphatic hydroxyl groups is 1. The smallest absolute Gasteiger partial charge is 0.274 e. The molecule has 1 saturated heterocycles. The van der Waals surface area contributed by atoms with Gasteiger partial charge in [-0.2, -0.15) is 5.10 Å². The maximum absolute atomic E-state index is 12.8. The summed E-state index contributed by atoms with van der Waals surface area (Å²) in [6.07, 6.45) is 7.73. The number of nitrogens with zero attached hydrogens (tertiary/aromatic N) is 3. The van der Waals surface area contributed by atoms with E-state index in [-0.39, 0.29) is 24.0 Å². The number of amides is 1. The molecule has 3 rings (SSSR count). The van der Waals surface area contributed by atoms with Crippen molar-refractivity contribution >= 4 is 5.91 Å². The molecule has 23 heavy (non-hydrogen) atoms. The Morgan fingerprint density at radius 1 is 1.35 bits per heavy atom. The minimum atomic E-state index is -0.263. The number of aliphatic hydroxyl groups excluding tert-OH is 1. The van der Waals surface area contributed by atoms with Crippen molar-refractivity contribution in [2.75, 3.05) is 20.3 Å². The highest BCUT2D eigenvalue weighted by atomic mass is 16.5. The van der Waals surface area contributed by atoms with Crippen LogP contribution in [-0.4, -0.2) is 58.1 Å². The molecule has 1 amide bonds. The molecule has 2 fully saturated rings. The second-order valence-corrected chi connectivity index (χ2v) is 6.68. The van der Waals surface area contributed by atoms with Gasteiger partial charge in [-0.15, -0.1) is 0 Å². The SMILES string of the molecule is COCCn1ccc(C(=O)N2CCCC2C2CCCCC2O)n1. The summed E-state index contributed by atoms with van der Waals surface area (Å²) >= 11 is 0. The lowest BCUT2D eigenvalue weighted by atomic mass is 9.80. The van der Waals surface area contributed by atoms with E-state index in [9.17, 15) is 9.90 Å². The maximum Gasteiger partial charge on any atom is 0.274 e. The summed E-state index contributed by atoms with van der Waals surface area (Å²) in [5.41, 5.74) is 0.498. The van der Waals surface area contributed by atoms with Gasteiger partial charge in [-0.05, 0) is 31.7 Å². The Morgan fingerprint density at radius 3 is 2.96 bits per heavy atom. The van der Waals surface area contributed by atoms with Crippen molar-refractivity contribution in [1.29, 1.82) is 0 Å². The minimum absolute atomic E-state index is 0.00133. The van der Waals surface area contributed by atoms with Crippen LogP contribution in [0.1, 0.15) is 49.0 Å². The fourth-order valence-electron chi connectivity index (χ4n) is 4.01. The van der Waals surface area contributed by atoms with E-state index in [1.807, 2.05) is 11.1 Å². The van der Waals surface area contributed by atoms with Crippen molar-refractivity contribution in [3.05, 3.63) is 18.0 Å². The molecule has 1 N–H and O–H groups in total. The second-order valence-electron chi connectivity index (χ2n) is 6.68. The van der Waals surface area contributed by atoms with Gasteiger partial charge in [0.25, 0.3) is 5.91 Å². The third-order valence-electron chi connectivity index (χ3n) is 5.22. The molecule has 0 radical (unpaired) electrons. The Morgan fingerprint density at radius 2 is 2.17 bits per heavy atom. The topological polar surface area (TPSA) is 67.6 Å². The van der Waals surface area contributed by atoms with E-state index in [0.717, 1.165) is 45.1 Å². The second kappa shape index (κ2) is 7.45. The van der Waals surface area contributed by atoms with E-state index in [0.29, 0.717) is 18.8 Å². The Labute approximate surface area is 137 Å². The maximum atomic E-state index is 12.8. The van der Waals surface area contributed by atoms with Gasteiger partial charge in [0.15, 0.2) is 0 Å². The molecule has 6 heteroatoms. The van der Waals surface area contributed by atoms with Crippen LogP contribution in [0.4, 0.5) is 0 Å². The van der Waals surface area contributed by atoms with Crippen LogP contribution in [0.25, 0.3) is 0 Å². The van der Waals surface area contributed by atoms with E-state index >= 15 is 0 Å². The lowest BCUT2D eigenvalue weighted by molar-refractivity contribution is 0.0209. The first-order valence-corrected chi connectivity index (χ1v) is 8.72. The Hall–Kier alpha value is -1.40. The van der Waals surface area contributed by atoms with Crippen molar-refractivity contribution in [2.24, 2.45) is 5.92 Å². The van der Waals surface area contributed by atoms with Gasteiger partial charge in [0.1, 0.15) is 5.69 Å². The molecule has 128 valence electrons. The number of aromatic nitrogens is 2. The van der Waals surface area contributed by atoms with Gasteiger partial charge in [-0.25, -0.2) is 0 Å². The predicted molar refractivity (Wildman–Crippen MR) is 86.1 cm³/mol. The van der Waals surface area contributed by atoms with Crippen molar-refractivity contribution in [3.8, 4) is 0 Å². The molecule has 1 aliphatic carbocycles. The summed E-state index contributed by atoms with van der Waals surface area (Å²) in [5.74, 6) is 0.229. The number of carbonyl (C=O) groups is 1. The highest BCUT2D eigenvalue weighted by Gasteiger charge is 2.39. The molecule has 2 aliphatic rings. The summed E-state index contributed by atoms with van der Waals surface area (Å²) in [5, 5.41) is 14.7. The zero-order chi connectivity index (χ0) is 16.2. The standard InChI is InChI=1S/C17H27N3O3/c1-23-12-11-19-10-8-14(18-19)17(22)20-9-4-6-15(20)13-5-2-3-7-16(13)21/h8,10,13,15-16,21H,2-7,9,11-12H2,1H3. The van der Waals surface area contributed by atoms with Crippen LogP contribution in [0, 0.1) is 5.92 Å². The highest BCUT2D eigenvalue weighted by Crippen LogP contribution is 2.35. The Balaban J connectivity index is 1.69. The van der Waals surface area contributed by atoms with Crippen molar-refractivity contribution in [2.45, 2.75) is 57.2 Å². The number of likely N-dealkylation sites (tertiary alicyclic amines) is 1. The van der Waals surface area contributed by atoms with Crippen LogP contribution in [0.2, 0.25) is 0 Å². The minimum Gasteiger partial charge on any atom is -0.393 e. The molecule has 0 bridgehead atoms. The predicted octanol–water partition coefficient (Wildman–Crippen LogP) is 1.69. The van der Waals surface area contributed by atoms with Gasteiger partial charge in [-0.1, -0.05) is 12.8 Å². The molecule has 1 aliphatic heterocycles. The highest BCUT2D eigenvalue weighted by molar-refractivity contribution is 5.92. The van der Waals surface area contributed by atoms with Crippen LogP contribution < -0.4 is 0 Å². The van der Waals surface area contributed by atoms with Gasteiger partial charge in [0.05, 0.1) is 19.3 Å². The fraction of sp³-hybridized carbons (Fsp3) is 0.765. The first kappa shape index (κ1) is 16.5. The molecule has 3 atom stereocenters. The number of hydrogen-bond acceptors (Lipinski definition) is 4. The summed E-state index contributed by atoms with van der Waals surface area (Å²) in [6.45, 7) is 2.00. The third-order valence-corrected chi connectivity index (χ3v) is 5.22. The van der Waals surface area contributed by atoms with Gasteiger partial charge in [0, 0.05) is 31.8 Å². The van der Waals surface area contributed by atoms with Crippen LogP contribution in [0.3, 0.4) is 0 Å². The monoisotopic (exact) mass is 321 g/mol. The molecular formula is C17H27N3O3. The van der Waals surface area contributed by atoms with Crippen LogP contribution in [0.15, 0.2) is 12.3 Å². The first-order valence-electron chi connectivity index (χ1n) is 8.72. The lowest BCUT2D eigenvalue weighted by Crippen LogP contribution is -2.45. The van der Waals surface area contributed by atoms with Crippen LogP contribution >= 0.6 is 0 Å². The summed E-state index contributed by atoms with van der Waals surface area (Å²) in [6, 6.07) is 1.95. The summed E-state index contributed by atoms with van der Waals surface area (Å²) in [7, 11) is 1.65. The summed E-state index contributed by atoms with van der Waals surface area (Å²) < 4.78 is 6.79. The zero-order valence-corrected chi connectivity index (χ0v) is 13.9. The molecule has 0 spiro atoms. The lowest BCUT2D eigenvalue weighted by Gasteiger charge is -2.37. The number of rotatable bonds is 5. The van der Waals surface area contributed by atoms with Gasteiger partial charge >= 0.3 is 0 Å². The molecule has 1 saturated carbocycles. The first-order chi connectivity index (χ1) is 11.2. The molecular weight excluding hydrogens is 294 g/mol. The van der Waals surface area contributed by atoms with E-state index < -0.39 is 0 Å². The number of methoxy groups -OCH3 is 1. The third kappa shape index (κ3) is 3.58. The quantitative estimate of drug-likeness (QED) is 0.896. The van der Waals surface area contributed by atoms with Gasteiger partial charge < -0.3 is 14.7 Å². The van der Waals surface area contributed by atoms with Crippen LogP contribution in [0.5, 0.6) is 0 Å². The van der Waals surface area contributed by atoms with Crippen LogP contribution in [-0.2, 0) is 11.3 Å². The average Bonchev–Trinajstić information content (AvgIpc) is 3.22. The largest absolute Gasteiger partial charge is 0.393 e. The van der Waals surface area contributed by atoms with E-state index in [4.69, 9.17) is 4.74 Å². The molecule has 1 aromatic rings. The number of carbonyl (C=O) groups excluding carboxylic acids is 1. The normalized spacial score (nSPS) is 28.3. The molecule has 0 aromatic carbocycles. The van der Waals surface area contributed by atoms with E-state index in [1.54, 1.807) is 17.9 Å². The van der Waals surface area contributed by atoms with Crippen molar-refractivity contribution in [1.82, 2.24) is 14.7 Å². The molecule has 3 unspecified atom stereocenters. The number of ether oxygens (including phenoxy) is 1. The Kier molecular flexibility index (Phi) is 5.33. The molecule has 1 aromatic heterocycles. The van der Waals surface area contributed by atoms with Crippen molar-refractivity contribution < 1.29 is 14.6 Å². The Bertz CT molecular complexity index is 531. The van der Waals surface area contributed by atoms with E-state index in [2.05, 4.69) is 5.10 Å². The van der Waals surface area contributed by atoms with Crippen molar-refractivity contribution in [3.63, 3.8) is 0 Å². The van der Waals surface area contributed by atoms with Gasteiger partial charge in [0.2, 0.25) is 0 Å². The summed E-state index contributed by atoms with van der Waals surface area (Å²) in [4.78, 5) is 14.8. The fourth-order valence-corrected chi connectivity index (χ4v) is 4.01.